The number of ether oxygens (including phenoxy) is 6. The number of Topliss-reactive ketones (excluding diaryl/α,β-unsaturated/α-hetero) is 1. The van der Waals surface area contributed by atoms with Gasteiger partial charge in [0.25, 0.3) is 0 Å². The van der Waals surface area contributed by atoms with E-state index in [4.69, 9.17) is 169 Å². The molecule has 39 heteroatoms. The molecule has 2 N–H and O–H groups in total. The molecular weight excluding hydrogens is 1870 g/mol. The summed E-state index contributed by atoms with van der Waals surface area (Å²) in [4.78, 5) is 79.0. The van der Waals surface area contributed by atoms with Gasteiger partial charge in [0.2, 0.25) is 28.4 Å². The van der Waals surface area contributed by atoms with E-state index in [1.165, 1.54) is 22.8 Å². The van der Waals surface area contributed by atoms with Gasteiger partial charge in [0.05, 0.1) is 59.7 Å². The number of aromatic nitrogens is 10. The van der Waals surface area contributed by atoms with E-state index < -0.39 is 5.79 Å². The van der Waals surface area contributed by atoms with Crippen molar-refractivity contribution in [1.82, 2.24) is 64.5 Å². The summed E-state index contributed by atoms with van der Waals surface area (Å²) < 4.78 is 34.9. The van der Waals surface area contributed by atoms with Crippen molar-refractivity contribution in [2.45, 2.75) is 88.4 Å². The van der Waals surface area contributed by atoms with Crippen LogP contribution in [0.2, 0.25) is 51.3 Å². The zero-order valence-corrected chi connectivity index (χ0v) is 79.3. The predicted molar refractivity (Wildman–Crippen MR) is 516 cm³/mol. The summed E-state index contributed by atoms with van der Waals surface area (Å²) in [5.74, 6) is 6.07. The number of benzene rings is 5. The number of piperazine rings is 3. The molecule has 10 aliphatic heterocycles. The van der Waals surface area contributed by atoms with E-state index in [0.29, 0.717) is 114 Å². The molecule has 10 fully saturated rings. The maximum Gasteiger partial charge on any atom is 0.229 e. The van der Waals surface area contributed by atoms with Crippen LogP contribution in [0.1, 0.15) is 68.1 Å². The summed E-state index contributed by atoms with van der Waals surface area (Å²) in [5.41, 5.74) is 5.65. The quantitative estimate of drug-likeness (QED) is 0.0634. The average Bonchev–Trinajstić information content (AvgIpc) is 1.32. The molecule has 29 nitrogen and oxygen atoms in total. The highest BCUT2D eigenvalue weighted by molar-refractivity contribution is 6.43. The number of anilines is 11. The number of carbonyl (C=O) groups is 1. The Morgan fingerprint density at radius 1 is 0.277 bits per heavy atom. The van der Waals surface area contributed by atoms with Crippen molar-refractivity contribution in [1.29, 1.82) is 0 Å². The van der Waals surface area contributed by atoms with Crippen LogP contribution in [0.15, 0.2) is 158 Å². The topological polar surface area (TPSA) is 258 Å². The Morgan fingerprint density at radius 2 is 0.569 bits per heavy atom. The first-order chi connectivity index (χ1) is 63.1. The fraction of sp³-hybridized carbons (Fsp3) is 0.440. The van der Waals surface area contributed by atoms with Gasteiger partial charge in [0.15, 0.2) is 17.4 Å². The standard InChI is InChI=1S/C28H32Cl2N6O2.C26H28Cl2N6O.C22H28ClN5O2.C11H13Cl2N3O2.C4HCl3N2/c29-23-7-6-22(18-24(23)30)31-25-19-26(35-10-8-28(9-11-35)37-16-17-38-28)33-27(32-25)36-14-12-34(13-15-36)20-21-4-2-1-3-5-21;27-22-7-6-20(16-23(22)28)29-24-17-25(33-10-8-21(35)9-11-33)31-26(30-24)34-14-12-32(13-15-34)18-19-4-2-1-3-5-19;23-19-16-20(27-8-6-22(7-9-27)29-14-15-30-22)25-21(24-19)28-12-10-26(11-13-28)17-18-4-2-1-3-5-18;12-8-7-9(15-10(13)14-8)16-3-1-11(2-4-16)17-5-6-18-11;5-2-1-3(6)9-4(7)8-2/h1-7,18-19H,8-17,20H2,(H,31,32,33);1-7,16-17H,8-15,18H2,(H,29,30,31);1-5,16H,6-15,17H2;7H,1-6H2;1H. The van der Waals surface area contributed by atoms with Gasteiger partial charge in [-0.3, -0.25) is 19.5 Å². The smallest absolute Gasteiger partial charge is 0.229 e. The minimum absolute atomic E-state index is 0.0625. The zero-order valence-electron chi connectivity index (χ0n) is 71.8. The summed E-state index contributed by atoms with van der Waals surface area (Å²) in [6.07, 6.45) is 6.09. The molecule has 0 unspecified atom stereocenters. The minimum Gasteiger partial charge on any atom is -0.356 e. The highest BCUT2D eigenvalue weighted by Gasteiger charge is 2.43. The lowest BCUT2D eigenvalue weighted by atomic mass is 10.0. The second-order valence-electron chi connectivity index (χ2n) is 32.8. The molecule has 20 rings (SSSR count). The van der Waals surface area contributed by atoms with Gasteiger partial charge >= 0.3 is 0 Å². The van der Waals surface area contributed by atoms with Gasteiger partial charge < -0.3 is 73.4 Å². The molecular formula is C91H102Cl10N22O7. The van der Waals surface area contributed by atoms with Crippen LogP contribution in [0, 0.1) is 0 Å². The van der Waals surface area contributed by atoms with E-state index in [0.717, 1.165) is 228 Å². The van der Waals surface area contributed by atoms with Gasteiger partial charge in [-0.1, -0.05) is 184 Å². The number of hydrogen-bond acceptors (Lipinski definition) is 29. The minimum atomic E-state index is -0.428. The molecule has 0 radical (unpaired) electrons. The summed E-state index contributed by atoms with van der Waals surface area (Å²) in [7, 11) is 0. The van der Waals surface area contributed by atoms with E-state index in [1.807, 2.05) is 42.5 Å². The SMILES string of the molecule is Clc1cc(Cl)nc(Cl)n1.Clc1cc(N2CCC3(CC2)OCCO3)nc(Cl)n1.Clc1cc(N2CCC3(CC2)OCCO3)nc(N2CCN(Cc3ccccc3)CC2)n1.Clc1ccc(Nc2cc(N3CCC4(CC3)OCCO4)nc(N3CCN(Cc4ccccc4)CC3)n2)cc1Cl.O=C1CCN(c2cc(Nc3ccc(Cl)c(Cl)c3)nc(N3CCN(Cc4ccccc4)CC3)n2)CC1. The monoisotopic (exact) mass is 1960 g/mol. The molecule has 688 valence electrons. The summed E-state index contributed by atoms with van der Waals surface area (Å²) in [5, 5.41) is 10.4. The lowest BCUT2D eigenvalue weighted by Crippen LogP contribution is -2.47. The number of nitrogens with zero attached hydrogens (tertiary/aromatic N) is 20. The van der Waals surface area contributed by atoms with Crippen molar-refractivity contribution in [2.75, 3.05) is 215 Å². The number of carbonyl (C=O) groups excluding carboxylic acids is 1. The van der Waals surface area contributed by atoms with E-state index in [1.54, 1.807) is 24.3 Å². The third-order valence-electron chi connectivity index (χ3n) is 24.1. The van der Waals surface area contributed by atoms with Crippen LogP contribution >= 0.6 is 116 Å². The van der Waals surface area contributed by atoms with E-state index in [9.17, 15) is 4.79 Å². The highest BCUT2D eigenvalue weighted by atomic mass is 35.5. The maximum absolute atomic E-state index is 11.8. The third kappa shape index (κ3) is 26.5. The third-order valence-corrected chi connectivity index (χ3v) is 26.7. The molecule has 10 saturated heterocycles. The van der Waals surface area contributed by atoms with E-state index in [2.05, 4.69) is 169 Å². The number of piperidine rings is 4. The zero-order chi connectivity index (χ0) is 90.0. The molecule has 0 bridgehead atoms. The molecule has 10 aromatic rings. The van der Waals surface area contributed by atoms with Crippen molar-refractivity contribution < 1.29 is 33.2 Å². The predicted octanol–water partition coefficient (Wildman–Crippen LogP) is 17.6. The van der Waals surface area contributed by atoms with Crippen LogP contribution in [-0.4, -0.2) is 258 Å². The normalized spacial score (nSPS) is 19.2. The van der Waals surface area contributed by atoms with Crippen molar-refractivity contribution in [3.05, 3.63) is 226 Å². The second-order valence-corrected chi connectivity index (χ2v) is 36.7. The van der Waals surface area contributed by atoms with Crippen LogP contribution in [0.3, 0.4) is 0 Å². The Balaban J connectivity index is 0.000000125. The number of halogens is 10. The van der Waals surface area contributed by atoms with Crippen molar-refractivity contribution in [3.63, 3.8) is 0 Å². The number of hydrogen-bond donors (Lipinski definition) is 2. The molecule has 0 amide bonds. The molecule has 15 heterocycles. The Hall–Kier alpha value is -8.09. The van der Waals surface area contributed by atoms with Crippen LogP contribution in [0.25, 0.3) is 0 Å². The first kappa shape index (κ1) is 95.1. The summed E-state index contributed by atoms with van der Waals surface area (Å²) in [6.45, 7) is 24.3. The van der Waals surface area contributed by atoms with Crippen LogP contribution < -0.4 is 44.9 Å². The lowest BCUT2D eigenvalue weighted by Gasteiger charge is -2.39. The first-order valence-corrected chi connectivity index (χ1v) is 47.6. The Bertz CT molecular complexity index is 5290. The number of rotatable bonds is 17. The van der Waals surface area contributed by atoms with Gasteiger partial charge in [-0.15, -0.1) is 0 Å². The van der Waals surface area contributed by atoms with Crippen LogP contribution in [0.4, 0.5) is 64.1 Å². The lowest BCUT2D eigenvalue weighted by molar-refractivity contribution is -0.169. The van der Waals surface area contributed by atoms with Gasteiger partial charge in [-0.2, -0.15) is 24.9 Å². The summed E-state index contributed by atoms with van der Waals surface area (Å²) >= 11 is 59.0. The number of nitrogens with one attached hydrogen (secondary N) is 2. The molecule has 10 aliphatic rings. The molecule has 5 aromatic carbocycles. The Labute approximate surface area is 807 Å². The molecule has 5 aromatic heterocycles. The van der Waals surface area contributed by atoms with E-state index >= 15 is 0 Å². The van der Waals surface area contributed by atoms with Crippen molar-refractivity contribution in [3.8, 4) is 0 Å². The molecule has 0 saturated carbocycles. The van der Waals surface area contributed by atoms with Crippen molar-refractivity contribution in [2.24, 2.45) is 0 Å². The fourth-order valence-corrected chi connectivity index (χ4v) is 18.9. The van der Waals surface area contributed by atoms with Crippen LogP contribution in [-0.2, 0) is 52.8 Å². The van der Waals surface area contributed by atoms with Crippen LogP contribution in [0.5, 0.6) is 0 Å². The fourth-order valence-electron chi connectivity index (χ4n) is 17.0. The van der Waals surface area contributed by atoms with Gasteiger partial charge in [0.1, 0.15) is 61.3 Å². The molecule has 0 aliphatic carbocycles. The largest absolute Gasteiger partial charge is 0.356 e. The second kappa shape index (κ2) is 45.3. The first-order valence-electron chi connectivity index (χ1n) is 43.8. The highest BCUT2D eigenvalue weighted by Crippen LogP contribution is 2.40. The molecule has 0 atom stereocenters. The Morgan fingerprint density at radius 3 is 0.892 bits per heavy atom. The van der Waals surface area contributed by atoms with Gasteiger partial charge in [-0.25, -0.2) is 24.9 Å². The molecule has 130 heavy (non-hydrogen) atoms. The average molecular weight is 1970 g/mol. The maximum atomic E-state index is 11.8. The Kier molecular flexibility index (Phi) is 33.1. The molecule has 3 spiro atoms. The summed E-state index contributed by atoms with van der Waals surface area (Å²) in [6, 6.07) is 51.7. The van der Waals surface area contributed by atoms with Gasteiger partial charge in [-0.05, 0) is 76.3 Å². The van der Waals surface area contributed by atoms with Crippen molar-refractivity contribution >= 4 is 186 Å². The van der Waals surface area contributed by atoms with E-state index in [-0.39, 0.29) is 32.4 Å². The van der Waals surface area contributed by atoms with Gasteiger partial charge in [0, 0.05) is 244 Å². The number of ketones is 1.